The molecular weight excluding hydrogens is 582 g/mol. The second-order valence-electron chi connectivity index (χ2n) is 11.2. The molecule has 1 saturated heterocycles. The smallest absolute Gasteiger partial charge is 0.407 e. The lowest BCUT2D eigenvalue weighted by atomic mass is 9.91. The van der Waals surface area contributed by atoms with Gasteiger partial charge in [-0.15, -0.1) is 0 Å². The van der Waals surface area contributed by atoms with Crippen LogP contribution >= 0.6 is 0 Å². The summed E-state index contributed by atoms with van der Waals surface area (Å²) in [5.74, 6) is 0.353. The van der Waals surface area contributed by atoms with Crippen LogP contribution in [-0.4, -0.2) is 76.3 Å². The van der Waals surface area contributed by atoms with Crippen LogP contribution < -0.4 is 20.8 Å². The SMILES string of the molecule is CS(=O)(=O)C1=C2C=CC(=N2)C=c2ccc([nH]2)=CC2=NC(=CC3(c4cc(OC5CCN(C(=O)O)CC5)ncn4)CC=C1N3)C=C2. The Labute approximate surface area is 252 Å². The van der Waals surface area contributed by atoms with Crippen molar-refractivity contribution in [3.8, 4) is 5.88 Å². The molecule has 12 nitrogen and oxygen atoms in total. The summed E-state index contributed by atoms with van der Waals surface area (Å²) in [6.45, 7) is 0.769. The summed E-state index contributed by atoms with van der Waals surface area (Å²) in [6.07, 6.45) is 17.8. The summed E-state index contributed by atoms with van der Waals surface area (Å²) in [7, 11) is -3.72. The van der Waals surface area contributed by atoms with Gasteiger partial charge in [-0.25, -0.2) is 33.2 Å². The topological polar surface area (TPSA) is 162 Å². The molecule has 7 rings (SSSR count). The number of aliphatic imine (C=N–C) groups is 2. The van der Waals surface area contributed by atoms with E-state index in [2.05, 4.69) is 25.3 Å². The molecule has 7 heterocycles. The molecule has 1 fully saturated rings. The number of piperidine rings is 1. The zero-order chi connectivity index (χ0) is 30.5. The Hall–Kier alpha value is -5.04. The molecule has 1 amide bonds. The summed E-state index contributed by atoms with van der Waals surface area (Å²) in [5, 5.41) is 14.4. The number of allylic oxidation sites excluding steroid dienone is 4. The summed E-state index contributed by atoms with van der Waals surface area (Å²) in [4.78, 5) is 34.5. The van der Waals surface area contributed by atoms with Gasteiger partial charge in [0.2, 0.25) is 5.88 Å². The van der Waals surface area contributed by atoms with Crippen molar-refractivity contribution in [1.82, 2.24) is 25.2 Å². The molecule has 5 aliphatic rings. The van der Waals surface area contributed by atoms with Gasteiger partial charge in [0.25, 0.3) is 0 Å². The van der Waals surface area contributed by atoms with Gasteiger partial charge < -0.3 is 25.0 Å². The molecule has 8 bridgehead atoms. The zero-order valence-corrected chi connectivity index (χ0v) is 24.6. The molecule has 13 heteroatoms. The highest BCUT2D eigenvalue weighted by atomic mass is 32.2. The number of nitrogens with one attached hydrogen (secondary N) is 2. The summed E-state index contributed by atoms with van der Waals surface area (Å²) >= 11 is 0. The van der Waals surface area contributed by atoms with Gasteiger partial charge in [-0.1, -0.05) is 6.08 Å². The number of rotatable bonds is 4. The number of ether oxygens (including phenoxy) is 1. The molecule has 5 aliphatic heterocycles. The summed E-state index contributed by atoms with van der Waals surface area (Å²) < 4.78 is 32.6. The predicted molar refractivity (Wildman–Crippen MR) is 165 cm³/mol. The fraction of sp³-hybridized carbons (Fsp3) is 0.258. The summed E-state index contributed by atoms with van der Waals surface area (Å²) in [6, 6.07) is 5.62. The molecule has 0 spiro atoms. The van der Waals surface area contributed by atoms with Crippen LogP contribution in [0.15, 0.2) is 93.0 Å². The minimum Gasteiger partial charge on any atom is -0.474 e. The third-order valence-electron chi connectivity index (χ3n) is 8.01. The van der Waals surface area contributed by atoms with Crippen molar-refractivity contribution in [3.05, 3.63) is 99.4 Å². The molecule has 0 saturated carbocycles. The predicted octanol–water partition coefficient (Wildman–Crippen LogP) is 1.83. The molecule has 1 unspecified atom stereocenters. The molecular formula is C31H29N7O5S. The van der Waals surface area contributed by atoms with Gasteiger partial charge in [0.1, 0.15) is 22.9 Å². The molecule has 0 aromatic carbocycles. The molecule has 0 aliphatic carbocycles. The van der Waals surface area contributed by atoms with Crippen LogP contribution in [0.5, 0.6) is 5.88 Å². The van der Waals surface area contributed by atoms with Gasteiger partial charge in [0, 0.05) is 55.4 Å². The number of carboxylic acid groups (broad SMARTS) is 1. The number of hydrogen-bond donors (Lipinski definition) is 3. The minimum atomic E-state index is -3.72. The normalized spacial score (nSPS) is 22.9. The Bertz CT molecular complexity index is 2020. The van der Waals surface area contributed by atoms with Crippen molar-refractivity contribution in [2.75, 3.05) is 19.3 Å². The van der Waals surface area contributed by atoms with Crippen LogP contribution in [0, 0.1) is 0 Å². The highest BCUT2D eigenvalue weighted by Crippen LogP contribution is 2.39. The van der Waals surface area contributed by atoms with Gasteiger partial charge in [0.05, 0.1) is 34.2 Å². The van der Waals surface area contributed by atoms with Crippen molar-refractivity contribution in [1.29, 1.82) is 0 Å². The molecule has 2 aromatic rings. The molecule has 1 atom stereocenters. The molecule has 2 aromatic heterocycles. The first kappa shape index (κ1) is 27.8. The fourth-order valence-corrected chi connectivity index (χ4v) is 6.94. The number of likely N-dealkylation sites (tertiary alicyclic amines) is 1. The van der Waals surface area contributed by atoms with Crippen molar-refractivity contribution >= 4 is 39.5 Å². The van der Waals surface area contributed by atoms with E-state index in [9.17, 15) is 18.3 Å². The lowest BCUT2D eigenvalue weighted by Gasteiger charge is -2.31. The largest absolute Gasteiger partial charge is 0.474 e. The molecule has 224 valence electrons. The average molecular weight is 612 g/mol. The number of aromatic nitrogens is 3. The van der Waals surface area contributed by atoms with E-state index in [1.807, 2.05) is 48.6 Å². The Morgan fingerprint density at radius 3 is 2.50 bits per heavy atom. The third-order valence-corrected chi connectivity index (χ3v) is 9.18. The number of aromatic amines is 1. The number of fused-ring (bicyclic) bond motifs is 6. The number of sulfone groups is 1. The van der Waals surface area contributed by atoms with Crippen molar-refractivity contribution in [2.45, 2.75) is 30.9 Å². The van der Waals surface area contributed by atoms with E-state index < -0.39 is 21.5 Å². The van der Waals surface area contributed by atoms with E-state index in [0.29, 0.717) is 66.7 Å². The Kier molecular flexibility index (Phi) is 6.69. The van der Waals surface area contributed by atoms with Crippen molar-refractivity contribution in [2.24, 2.45) is 9.98 Å². The molecule has 3 N–H and O–H groups in total. The van der Waals surface area contributed by atoms with E-state index in [4.69, 9.17) is 9.73 Å². The highest BCUT2D eigenvalue weighted by molar-refractivity contribution is 7.94. The van der Waals surface area contributed by atoms with Crippen LogP contribution in [0.25, 0.3) is 12.2 Å². The van der Waals surface area contributed by atoms with Gasteiger partial charge in [-0.2, -0.15) is 0 Å². The van der Waals surface area contributed by atoms with E-state index in [1.54, 1.807) is 18.2 Å². The number of nitrogens with zero attached hydrogens (tertiary/aromatic N) is 5. The first-order chi connectivity index (χ1) is 21.1. The maximum absolute atomic E-state index is 13.2. The van der Waals surface area contributed by atoms with Crippen LogP contribution in [0.4, 0.5) is 4.79 Å². The number of H-pyrrole nitrogens is 1. The van der Waals surface area contributed by atoms with Crippen LogP contribution in [0.1, 0.15) is 25.0 Å². The first-order valence-electron chi connectivity index (χ1n) is 14.2. The lowest BCUT2D eigenvalue weighted by Crippen LogP contribution is -2.41. The third kappa shape index (κ3) is 5.41. The Morgan fingerprint density at radius 1 is 1.05 bits per heavy atom. The highest BCUT2D eigenvalue weighted by Gasteiger charge is 2.40. The van der Waals surface area contributed by atoms with E-state index in [1.165, 1.54) is 17.5 Å². The van der Waals surface area contributed by atoms with Crippen LogP contribution in [0.2, 0.25) is 0 Å². The number of carbonyl (C=O) groups is 1. The Balaban J connectivity index is 1.31. The maximum Gasteiger partial charge on any atom is 0.407 e. The fourth-order valence-electron chi connectivity index (χ4n) is 5.91. The first-order valence-corrected chi connectivity index (χ1v) is 16.1. The van der Waals surface area contributed by atoms with Gasteiger partial charge in [-0.05, 0) is 54.7 Å². The van der Waals surface area contributed by atoms with Crippen molar-refractivity contribution in [3.63, 3.8) is 0 Å². The van der Waals surface area contributed by atoms with Gasteiger partial charge in [-0.3, -0.25) is 0 Å². The van der Waals surface area contributed by atoms with Gasteiger partial charge >= 0.3 is 6.09 Å². The van der Waals surface area contributed by atoms with E-state index >= 15 is 0 Å². The Morgan fingerprint density at radius 2 is 1.77 bits per heavy atom. The summed E-state index contributed by atoms with van der Waals surface area (Å²) in [5.41, 5.74) is 2.41. The lowest BCUT2D eigenvalue weighted by molar-refractivity contribution is 0.0868. The maximum atomic E-state index is 13.2. The minimum absolute atomic E-state index is 0.0897. The second kappa shape index (κ2) is 10.6. The van der Waals surface area contributed by atoms with Crippen LogP contribution in [-0.2, 0) is 15.4 Å². The van der Waals surface area contributed by atoms with E-state index in [-0.39, 0.29) is 11.0 Å². The number of hydrogen-bond acceptors (Lipinski definition) is 9. The molecule has 44 heavy (non-hydrogen) atoms. The standard InChI is InChI=1S/C31H29N7O5S/c1-44(41,42)29-25-7-6-22(36-25)15-20-3-2-19(34-20)14-21-4-5-23(35-21)17-31(11-8-26(29)37-31)27-16-28(33-18-32-27)43-24-9-12-38(13-10-24)30(39)40/h2-8,14-18,24,34,37H,9-13H2,1H3,(H,39,40). The van der Waals surface area contributed by atoms with Crippen LogP contribution in [0.3, 0.4) is 0 Å². The quantitative estimate of drug-likeness (QED) is 0.472. The molecule has 0 radical (unpaired) electrons. The monoisotopic (exact) mass is 611 g/mol. The second-order valence-corrected chi connectivity index (χ2v) is 13.2. The number of amides is 1. The van der Waals surface area contributed by atoms with Gasteiger partial charge in [0.15, 0.2) is 9.84 Å². The zero-order valence-electron chi connectivity index (χ0n) is 23.8. The average Bonchev–Trinajstić information content (AvgIpc) is 3.79. The van der Waals surface area contributed by atoms with E-state index in [0.717, 1.165) is 16.4 Å². The van der Waals surface area contributed by atoms with Crippen molar-refractivity contribution < 1.29 is 23.1 Å².